The molecule has 2 rings (SSSR count). The van der Waals surface area contributed by atoms with E-state index in [2.05, 4.69) is 0 Å². The lowest BCUT2D eigenvalue weighted by atomic mass is 10.2. The molecule has 1 aliphatic rings. The minimum Gasteiger partial charge on any atom is -0.497 e. The van der Waals surface area contributed by atoms with Gasteiger partial charge >= 0.3 is 0 Å². The van der Waals surface area contributed by atoms with Gasteiger partial charge in [0.15, 0.2) is 0 Å². The summed E-state index contributed by atoms with van der Waals surface area (Å²) in [6.07, 6.45) is -1.03. The summed E-state index contributed by atoms with van der Waals surface area (Å²) in [6.45, 7) is -0.202. The van der Waals surface area contributed by atoms with Crippen molar-refractivity contribution in [3.8, 4) is 5.75 Å². The van der Waals surface area contributed by atoms with Crippen molar-refractivity contribution in [3.05, 3.63) is 24.3 Å². The number of β-amino-alcohol motifs (C(OH)–C–C–N with tert-alkyl or cyclic N) is 1. The zero-order valence-electron chi connectivity index (χ0n) is 11.3. The molecule has 2 atom stereocenters. The van der Waals surface area contributed by atoms with Gasteiger partial charge in [0.1, 0.15) is 11.8 Å². The third-order valence-electron chi connectivity index (χ3n) is 3.31. The van der Waals surface area contributed by atoms with Gasteiger partial charge in [0, 0.05) is 13.0 Å². The summed E-state index contributed by atoms with van der Waals surface area (Å²) in [6, 6.07) is 4.54. The molecular weight excluding hydrogens is 300 g/mol. The number of hydrogen-bond donors (Lipinski definition) is 3. The van der Waals surface area contributed by atoms with E-state index in [4.69, 9.17) is 9.94 Å². The van der Waals surface area contributed by atoms with Crippen LogP contribution in [0.5, 0.6) is 5.75 Å². The lowest BCUT2D eigenvalue weighted by Crippen LogP contribution is -2.45. The molecule has 1 saturated heterocycles. The molecule has 0 aromatic heterocycles. The largest absolute Gasteiger partial charge is 0.497 e. The molecule has 2 unspecified atom stereocenters. The Kier molecular flexibility index (Phi) is 4.47. The Bertz CT molecular complexity index is 615. The van der Waals surface area contributed by atoms with Crippen LogP contribution in [0.25, 0.3) is 0 Å². The maximum Gasteiger partial charge on any atom is 0.261 e. The van der Waals surface area contributed by atoms with Crippen LogP contribution in [0.1, 0.15) is 6.42 Å². The summed E-state index contributed by atoms with van der Waals surface area (Å²) in [5, 5.41) is 18.3. The molecule has 1 fully saturated rings. The molecule has 1 aliphatic heterocycles. The predicted octanol–water partition coefficient (Wildman–Crippen LogP) is -0.675. The van der Waals surface area contributed by atoms with Crippen molar-refractivity contribution in [2.45, 2.75) is 23.5 Å². The highest BCUT2D eigenvalue weighted by Gasteiger charge is 2.43. The van der Waals surface area contributed by atoms with Crippen molar-refractivity contribution in [2.24, 2.45) is 0 Å². The van der Waals surface area contributed by atoms with Crippen molar-refractivity contribution in [1.29, 1.82) is 0 Å². The van der Waals surface area contributed by atoms with Crippen LogP contribution in [0.3, 0.4) is 0 Å². The number of sulfonamides is 1. The Hall–Kier alpha value is -1.68. The molecule has 3 N–H and O–H groups in total. The molecule has 0 aliphatic carbocycles. The van der Waals surface area contributed by atoms with Crippen molar-refractivity contribution in [1.82, 2.24) is 9.79 Å². The molecular formula is C12H16N2O6S. The lowest BCUT2D eigenvalue weighted by Gasteiger charge is -2.22. The summed E-state index contributed by atoms with van der Waals surface area (Å²) in [5.41, 5.74) is 1.42. The second kappa shape index (κ2) is 5.98. The number of amides is 1. The highest BCUT2D eigenvalue weighted by Crippen LogP contribution is 2.27. The summed E-state index contributed by atoms with van der Waals surface area (Å²) >= 11 is 0. The van der Waals surface area contributed by atoms with Crippen LogP contribution in [-0.2, 0) is 14.8 Å². The van der Waals surface area contributed by atoms with Crippen molar-refractivity contribution in [2.75, 3.05) is 13.7 Å². The topological polar surface area (TPSA) is 116 Å². The fraction of sp³-hybridized carbons (Fsp3) is 0.417. The summed E-state index contributed by atoms with van der Waals surface area (Å²) in [5.74, 6) is -0.372. The SMILES string of the molecule is COc1ccc(S(=O)(=O)N2CC(O)CC2C(=O)NO)cc1. The molecule has 0 bridgehead atoms. The predicted molar refractivity (Wildman–Crippen MR) is 71.2 cm³/mol. The Balaban J connectivity index is 2.34. The molecule has 1 aromatic rings. The smallest absolute Gasteiger partial charge is 0.261 e. The molecule has 0 radical (unpaired) electrons. The van der Waals surface area contributed by atoms with Crippen molar-refractivity contribution >= 4 is 15.9 Å². The molecule has 1 heterocycles. The van der Waals surface area contributed by atoms with E-state index in [1.807, 2.05) is 0 Å². The average molecular weight is 316 g/mol. The summed E-state index contributed by atoms with van der Waals surface area (Å²) in [7, 11) is -2.49. The highest BCUT2D eigenvalue weighted by atomic mass is 32.2. The van der Waals surface area contributed by atoms with Gasteiger partial charge in [0.25, 0.3) is 5.91 Å². The number of ether oxygens (including phenoxy) is 1. The van der Waals surface area contributed by atoms with Gasteiger partial charge in [0.2, 0.25) is 10.0 Å². The highest BCUT2D eigenvalue weighted by molar-refractivity contribution is 7.89. The van der Waals surface area contributed by atoms with E-state index in [0.717, 1.165) is 4.31 Å². The second-order valence-electron chi connectivity index (χ2n) is 4.63. The molecule has 1 aromatic carbocycles. The number of carbonyl (C=O) groups excluding carboxylic acids is 1. The minimum atomic E-state index is -3.96. The van der Waals surface area contributed by atoms with Gasteiger partial charge in [-0.2, -0.15) is 4.31 Å². The molecule has 8 nitrogen and oxygen atoms in total. The van der Waals surface area contributed by atoms with Crippen molar-refractivity contribution in [3.63, 3.8) is 0 Å². The van der Waals surface area contributed by atoms with Crippen LogP contribution in [0, 0.1) is 0 Å². The summed E-state index contributed by atoms with van der Waals surface area (Å²) in [4.78, 5) is 11.5. The normalized spacial score (nSPS) is 23.0. The fourth-order valence-corrected chi connectivity index (χ4v) is 3.88. The molecule has 116 valence electrons. The van der Waals surface area contributed by atoms with Gasteiger partial charge in [-0.3, -0.25) is 10.0 Å². The first kappa shape index (κ1) is 15.7. The van der Waals surface area contributed by atoms with E-state index < -0.39 is 28.1 Å². The van der Waals surface area contributed by atoms with Gasteiger partial charge < -0.3 is 9.84 Å². The number of nitrogens with one attached hydrogen (secondary N) is 1. The molecule has 0 spiro atoms. The van der Waals surface area contributed by atoms with E-state index in [-0.39, 0.29) is 17.9 Å². The van der Waals surface area contributed by atoms with E-state index in [1.165, 1.54) is 36.9 Å². The first-order valence-corrected chi connectivity index (χ1v) is 7.62. The Labute approximate surface area is 122 Å². The van der Waals surface area contributed by atoms with Crippen LogP contribution in [0.4, 0.5) is 0 Å². The van der Waals surface area contributed by atoms with E-state index in [1.54, 1.807) is 0 Å². The number of rotatable bonds is 4. The van der Waals surface area contributed by atoms with E-state index in [0.29, 0.717) is 5.75 Å². The quantitative estimate of drug-likeness (QED) is 0.501. The minimum absolute atomic E-state index is 0.0202. The molecule has 0 saturated carbocycles. The number of methoxy groups -OCH3 is 1. The average Bonchev–Trinajstić information content (AvgIpc) is 2.89. The van der Waals surface area contributed by atoms with Gasteiger partial charge in [0.05, 0.1) is 18.1 Å². The van der Waals surface area contributed by atoms with Gasteiger partial charge in [-0.25, -0.2) is 13.9 Å². The maximum absolute atomic E-state index is 12.5. The second-order valence-corrected chi connectivity index (χ2v) is 6.52. The maximum atomic E-state index is 12.5. The third kappa shape index (κ3) is 3.00. The number of benzene rings is 1. The molecule has 1 amide bonds. The Morgan fingerprint density at radius 3 is 2.52 bits per heavy atom. The fourth-order valence-electron chi connectivity index (χ4n) is 2.25. The number of hydroxylamine groups is 1. The number of hydrogen-bond acceptors (Lipinski definition) is 6. The standard InChI is InChI=1S/C12H16N2O6S/c1-20-9-2-4-10(5-3-9)21(18,19)14-7-8(15)6-11(14)12(16)13-17/h2-5,8,11,15,17H,6-7H2,1H3,(H,13,16). The molecule has 21 heavy (non-hydrogen) atoms. The van der Waals surface area contributed by atoms with Crippen LogP contribution in [0.15, 0.2) is 29.2 Å². The zero-order valence-corrected chi connectivity index (χ0v) is 12.1. The van der Waals surface area contributed by atoms with E-state index >= 15 is 0 Å². The Morgan fingerprint density at radius 1 is 1.38 bits per heavy atom. The third-order valence-corrected chi connectivity index (χ3v) is 5.20. The first-order valence-electron chi connectivity index (χ1n) is 6.18. The number of aliphatic hydroxyl groups excluding tert-OH is 1. The van der Waals surface area contributed by atoms with Crippen molar-refractivity contribution < 1.29 is 28.3 Å². The van der Waals surface area contributed by atoms with Gasteiger partial charge in [-0.15, -0.1) is 0 Å². The summed E-state index contributed by atoms with van der Waals surface area (Å²) < 4.78 is 30.9. The zero-order chi connectivity index (χ0) is 15.6. The van der Waals surface area contributed by atoms with Crippen LogP contribution < -0.4 is 10.2 Å². The number of carbonyl (C=O) groups is 1. The molecule has 9 heteroatoms. The number of nitrogens with zero attached hydrogens (tertiary/aromatic N) is 1. The van der Waals surface area contributed by atoms with Gasteiger partial charge in [-0.05, 0) is 24.3 Å². The van der Waals surface area contributed by atoms with Crippen LogP contribution >= 0.6 is 0 Å². The lowest BCUT2D eigenvalue weighted by molar-refractivity contribution is -0.132. The van der Waals surface area contributed by atoms with E-state index in [9.17, 15) is 18.3 Å². The Morgan fingerprint density at radius 2 is 2.00 bits per heavy atom. The first-order chi connectivity index (χ1) is 9.90. The number of aliphatic hydroxyl groups is 1. The van der Waals surface area contributed by atoms with Crippen LogP contribution in [0.2, 0.25) is 0 Å². The monoisotopic (exact) mass is 316 g/mol. The van der Waals surface area contributed by atoms with Gasteiger partial charge in [-0.1, -0.05) is 0 Å². The van der Waals surface area contributed by atoms with Crippen LogP contribution in [-0.4, -0.2) is 54.7 Å².